The number of nitrogens with zero attached hydrogens (tertiary/aromatic N) is 1. The summed E-state index contributed by atoms with van der Waals surface area (Å²) in [7, 11) is 1.60. The van der Waals surface area contributed by atoms with Crippen molar-refractivity contribution < 1.29 is 9.53 Å². The minimum absolute atomic E-state index is 0.101. The molecule has 1 aromatic rings. The van der Waals surface area contributed by atoms with Gasteiger partial charge in [-0.1, -0.05) is 39.1 Å². The molecule has 0 aliphatic rings. The number of halogens is 3. The molecule has 18 heavy (non-hydrogen) atoms. The molecule has 0 aromatic heterocycles. The van der Waals surface area contributed by atoms with Crippen LogP contribution in [-0.2, 0) is 4.74 Å². The van der Waals surface area contributed by atoms with Crippen molar-refractivity contribution in [1.29, 1.82) is 0 Å². The highest BCUT2D eigenvalue weighted by Crippen LogP contribution is 2.20. The Labute approximate surface area is 125 Å². The predicted octanol–water partition coefficient (Wildman–Crippen LogP) is 3.48. The van der Waals surface area contributed by atoms with Crippen LogP contribution in [0.3, 0.4) is 0 Å². The summed E-state index contributed by atoms with van der Waals surface area (Å²) in [6.45, 7) is 1.63. The van der Waals surface area contributed by atoms with E-state index in [0.29, 0.717) is 40.6 Å². The lowest BCUT2D eigenvalue weighted by Crippen LogP contribution is -2.35. The van der Waals surface area contributed by atoms with Crippen LogP contribution in [0.15, 0.2) is 18.2 Å². The summed E-state index contributed by atoms with van der Waals surface area (Å²) in [4.78, 5) is 14.0. The topological polar surface area (TPSA) is 29.5 Å². The van der Waals surface area contributed by atoms with Gasteiger partial charge in [0.1, 0.15) is 0 Å². The number of ether oxygens (including phenoxy) is 1. The summed E-state index contributed by atoms with van der Waals surface area (Å²) < 4.78 is 4.99. The molecule has 0 spiro atoms. The summed E-state index contributed by atoms with van der Waals surface area (Å²) >= 11 is 15.1. The Hall–Kier alpha value is -0.290. The monoisotopic (exact) mass is 353 g/mol. The molecule has 0 N–H and O–H groups in total. The Balaban J connectivity index is 2.86. The Morgan fingerprint density at radius 2 is 1.89 bits per heavy atom. The van der Waals surface area contributed by atoms with Crippen molar-refractivity contribution in [3.05, 3.63) is 33.8 Å². The summed E-state index contributed by atoms with van der Waals surface area (Å²) in [5.74, 6) is -0.101. The van der Waals surface area contributed by atoms with Gasteiger partial charge in [-0.25, -0.2) is 0 Å². The fraction of sp³-hybridized carbons (Fsp3) is 0.417. The maximum absolute atomic E-state index is 12.3. The number of benzene rings is 1. The molecule has 0 unspecified atom stereocenters. The van der Waals surface area contributed by atoms with Gasteiger partial charge >= 0.3 is 0 Å². The number of carbonyl (C=O) groups is 1. The van der Waals surface area contributed by atoms with Gasteiger partial charge in [0.05, 0.1) is 6.61 Å². The lowest BCUT2D eigenvalue weighted by Gasteiger charge is -2.21. The molecule has 6 heteroatoms. The standard InChI is InChI=1S/C12H14BrCl2NO2/c1-18-5-4-16(3-2-13)12(17)9-6-10(14)8-11(15)7-9/h6-8H,2-5H2,1H3. The lowest BCUT2D eigenvalue weighted by molar-refractivity contribution is 0.0709. The van der Waals surface area contributed by atoms with Gasteiger partial charge in [0.15, 0.2) is 0 Å². The largest absolute Gasteiger partial charge is 0.383 e. The third-order valence-electron chi connectivity index (χ3n) is 2.32. The van der Waals surface area contributed by atoms with Crippen LogP contribution in [0.5, 0.6) is 0 Å². The molecule has 0 saturated heterocycles. The van der Waals surface area contributed by atoms with E-state index < -0.39 is 0 Å². The number of rotatable bonds is 6. The van der Waals surface area contributed by atoms with Crippen molar-refractivity contribution in [3.63, 3.8) is 0 Å². The second-order valence-electron chi connectivity index (χ2n) is 3.63. The number of methoxy groups -OCH3 is 1. The first-order chi connectivity index (χ1) is 8.58. The van der Waals surface area contributed by atoms with Gasteiger partial charge in [-0.3, -0.25) is 4.79 Å². The molecule has 0 atom stereocenters. The van der Waals surface area contributed by atoms with E-state index in [-0.39, 0.29) is 5.91 Å². The zero-order valence-electron chi connectivity index (χ0n) is 9.96. The van der Waals surface area contributed by atoms with Gasteiger partial charge in [0.2, 0.25) is 0 Å². The second kappa shape index (κ2) is 8.00. The Kier molecular flexibility index (Phi) is 7.00. The number of hydrogen-bond donors (Lipinski definition) is 0. The SMILES string of the molecule is COCCN(CCBr)C(=O)c1cc(Cl)cc(Cl)c1. The summed E-state index contributed by atoms with van der Waals surface area (Å²) in [6, 6.07) is 4.83. The summed E-state index contributed by atoms with van der Waals surface area (Å²) in [6.07, 6.45) is 0. The molecule has 0 aliphatic heterocycles. The van der Waals surface area contributed by atoms with Gasteiger partial charge in [0, 0.05) is 41.1 Å². The summed E-state index contributed by atoms with van der Waals surface area (Å²) in [5, 5.41) is 1.62. The van der Waals surface area contributed by atoms with E-state index in [2.05, 4.69) is 15.9 Å². The smallest absolute Gasteiger partial charge is 0.254 e. The highest BCUT2D eigenvalue weighted by atomic mass is 79.9. The molecule has 1 amide bonds. The first kappa shape index (κ1) is 15.8. The van der Waals surface area contributed by atoms with Gasteiger partial charge in [-0.2, -0.15) is 0 Å². The Bertz CT molecular complexity index is 395. The zero-order chi connectivity index (χ0) is 13.5. The molecule has 0 heterocycles. The Morgan fingerprint density at radius 1 is 1.28 bits per heavy atom. The predicted molar refractivity (Wildman–Crippen MR) is 78.0 cm³/mol. The number of hydrogen-bond acceptors (Lipinski definition) is 2. The first-order valence-corrected chi connectivity index (χ1v) is 7.26. The lowest BCUT2D eigenvalue weighted by atomic mass is 10.2. The van der Waals surface area contributed by atoms with Crippen LogP contribution in [0, 0.1) is 0 Å². The van der Waals surface area contributed by atoms with Crippen LogP contribution in [0.4, 0.5) is 0 Å². The molecular weight excluding hydrogens is 341 g/mol. The molecule has 0 saturated carbocycles. The maximum atomic E-state index is 12.3. The first-order valence-electron chi connectivity index (χ1n) is 5.38. The molecule has 0 aliphatic carbocycles. The van der Waals surface area contributed by atoms with Crippen molar-refractivity contribution in [2.75, 3.05) is 32.1 Å². The third kappa shape index (κ3) is 4.76. The van der Waals surface area contributed by atoms with Crippen molar-refractivity contribution >= 4 is 45.0 Å². The minimum atomic E-state index is -0.101. The van der Waals surface area contributed by atoms with Gasteiger partial charge in [-0.15, -0.1) is 0 Å². The van der Waals surface area contributed by atoms with Crippen LogP contribution in [0.2, 0.25) is 10.0 Å². The van der Waals surface area contributed by atoms with E-state index in [1.54, 1.807) is 30.2 Å². The number of carbonyl (C=O) groups excluding carboxylic acids is 1. The molecule has 1 rings (SSSR count). The number of alkyl halides is 1. The average molecular weight is 355 g/mol. The maximum Gasteiger partial charge on any atom is 0.254 e. The average Bonchev–Trinajstić information content (AvgIpc) is 2.32. The van der Waals surface area contributed by atoms with E-state index in [1.165, 1.54) is 0 Å². The molecule has 0 radical (unpaired) electrons. The molecular formula is C12H14BrCl2NO2. The molecule has 0 fully saturated rings. The quantitative estimate of drug-likeness (QED) is 0.732. The van der Waals surface area contributed by atoms with Crippen molar-refractivity contribution in [2.45, 2.75) is 0 Å². The molecule has 3 nitrogen and oxygen atoms in total. The third-order valence-corrected chi connectivity index (χ3v) is 3.11. The van der Waals surface area contributed by atoms with Crippen molar-refractivity contribution in [1.82, 2.24) is 4.90 Å². The van der Waals surface area contributed by atoms with E-state index in [0.717, 1.165) is 0 Å². The molecule has 0 bridgehead atoms. The highest BCUT2D eigenvalue weighted by Gasteiger charge is 2.16. The van der Waals surface area contributed by atoms with Crippen molar-refractivity contribution in [2.24, 2.45) is 0 Å². The van der Waals surface area contributed by atoms with Gasteiger partial charge < -0.3 is 9.64 Å². The normalized spacial score (nSPS) is 10.4. The Morgan fingerprint density at radius 3 is 2.39 bits per heavy atom. The van der Waals surface area contributed by atoms with E-state index >= 15 is 0 Å². The zero-order valence-corrected chi connectivity index (χ0v) is 13.1. The van der Waals surface area contributed by atoms with Crippen LogP contribution >= 0.6 is 39.1 Å². The van der Waals surface area contributed by atoms with Crippen LogP contribution in [-0.4, -0.2) is 42.9 Å². The number of amides is 1. The molecule has 1 aromatic carbocycles. The van der Waals surface area contributed by atoms with Crippen LogP contribution < -0.4 is 0 Å². The summed E-state index contributed by atoms with van der Waals surface area (Å²) in [5.41, 5.74) is 0.490. The van der Waals surface area contributed by atoms with Crippen LogP contribution in [0.25, 0.3) is 0 Å². The van der Waals surface area contributed by atoms with Gasteiger partial charge in [0.25, 0.3) is 5.91 Å². The minimum Gasteiger partial charge on any atom is -0.383 e. The van der Waals surface area contributed by atoms with E-state index in [9.17, 15) is 4.79 Å². The van der Waals surface area contributed by atoms with E-state index in [4.69, 9.17) is 27.9 Å². The van der Waals surface area contributed by atoms with Crippen LogP contribution in [0.1, 0.15) is 10.4 Å². The van der Waals surface area contributed by atoms with Crippen molar-refractivity contribution in [3.8, 4) is 0 Å². The molecule has 100 valence electrons. The highest BCUT2D eigenvalue weighted by molar-refractivity contribution is 9.09. The second-order valence-corrected chi connectivity index (χ2v) is 5.30. The van der Waals surface area contributed by atoms with E-state index in [1.807, 2.05) is 0 Å². The fourth-order valence-electron chi connectivity index (χ4n) is 1.48. The fourth-order valence-corrected chi connectivity index (χ4v) is 2.43. The van der Waals surface area contributed by atoms with Gasteiger partial charge in [-0.05, 0) is 18.2 Å².